The van der Waals surface area contributed by atoms with Crippen molar-refractivity contribution in [3.63, 3.8) is 0 Å². The van der Waals surface area contributed by atoms with Crippen molar-refractivity contribution in [3.05, 3.63) is 29.8 Å². The summed E-state index contributed by atoms with van der Waals surface area (Å²) >= 11 is 0. The van der Waals surface area contributed by atoms with Gasteiger partial charge in [0.1, 0.15) is 11.4 Å². The molecule has 0 fully saturated rings. The largest absolute Gasteiger partial charge is 0.497 e. The number of nitrogens with zero attached hydrogens (tertiary/aromatic N) is 1. The lowest BCUT2D eigenvalue weighted by Gasteiger charge is -2.17. The minimum absolute atomic E-state index is 0.525. The number of aliphatic imine (C=N–C) groups is 1. The molecule has 0 atom stereocenters. The van der Waals surface area contributed by atoms with Gasteiger partial charge in [0.15, 0.2) is 0 Å². The van der Waals surface area contributed by atoms with Crippen LogP contribution in [0.15, 0.2) is 29.3 Å². The molecule has 1 rings (SSSR count). The van der Waals surface area contributed by atoms with Gasteiger partial charge in [0.2, 0.25) is 0 Å². The Morgan fingerprint density at radius 3 is 2.65 bits per heavy atom. The Balaban J connectivity index is 2.67. The maximum atomic E-state index is 11.3. The first-order chi connectivity index (χ1) is 7.90. The third-order valence-corrected chi connectivity index (χ3v) is 1.81. The predicted molar refractivity (Wildman–Crippen MR) is 66.8 cm³/mol. The van der Waals surface area contributed by atoms with Crippen LogP contribution in [0.5, 0.6) is 5.75 Å². The number of benzene rings is 1. The second kappa shape index (κ2) is 5.48. The smallest absolute Gasteiger partial charge is 0.434 e. The van der Waals surface area contributed by atoms with Crippen molar-refractivity contribution in [2.45, 2.75) is 26.4 Å². The molecule has 0 unspecified atom stereocenters. The van der Waals surface area contributed by atoms with Crippen molar-refractivity contribution in [1.29, 1.82) is 0 Å². The Morgan fingerprint density at radius 1 is 1.35 bits per heavy atom. The van der Waals surface area contributed by atoms with E-state index in [2.05, 4.69) is 4.99 Å². The summed E-state index contributed by atoms with van der Waals surface area (Å²) in [4.78, 5) is 15.0. The third kappa shape index (κ3) is 5.15. The topological polar surface area (TPSA) is 47.9 Å². The van der Waals surface area contributed by atoms with Crippen molar-refractivity contribution in [2.75, 3.05) is 7.11 Å². The lowest BCUT2D eigenvalue weighted by molar-refractivity contribution is 0.0605. The SMILES string of the molecule is COc1cccc(/C=N\C(=O)OC(C)(C)C)c1. The van der Waals surface area contributed by atoms with Gasteiger partial charge in [-0.1, -0.05) is 12.1 Å². The van der Waals surface area contributed by atoms with Gasteiger partial charge in [-0.3, -0.25) is 0 Å². The fourth-order valence-corrected chi connectivity index (χ4v) is 1.14. The van der Waals surface area contributed by atoms with E-state index in [0.717, 1.165) is 11.3 Å². The molecule has 1 aromatic rings. The maximum Gasteiger partial charge on any atom is 0.434 e. The fraction of sp³-hybridized carbons (Fsp3) is 0.385. The molecular formula is C13H17NO3. The monoisotopic (exact) mass is 235 g/mol. The zero-order valence-corrected chi connectivity index (χ0v) is 10.6. The van der Waals surface area contributed by atoms with Gasteiger partial charge in [-0.15, -0.1) is 0 Å². The Kier molecular flexibility index (Phi) is 4.26. The number of hydrogen-bond donors (Lipinski definition) is 0. The van der Waals surface area contributed by atoms with E-state index in [0.29, 0.717) is 0 Å². The first-order valence-corrected chi connectivity index (χ1v) is 5.32. The average Bonchev–Trinajstić information content (AvgIpc) is 2.24. The molecule has 4 nitrogen and oxygen atoms in total. The molecule has 0 bridgehead atoms. The summed E-state index contributed by atoms with van der Waals surface area (Å²) in [6.07, 6.45) is 0.858. The van der Waals surface area contributed by atoms with Gasteiger partial charge in [-0.25, -0.2) is 4.79 Å². The molecule has 0 aliphatic carbocycles. The number of ether oxygens (including phenoxy) is 2. The highest BCUT2D eigenvalue weighted by Crippen LogP contribution is 2.11. The van der Waals surface area contributed by atoms with E-state index in [1.165, 1.54) is 6.21 Å². The lowest BCUT2D eigenvalue weighted by atomic mass is 10.2. The normalized spacial score (nSPS) is 11.5. The Hall–Kier alpha value is -1.84. The first-order valence-electron chi connectivity index (χ1n) is 5.32. The van der Waals surface area contributed by atoms with E-state index in [4.69, 9.17) is 9.47 Å². The third-order valence-electron chi connectivity index (χ3n) is 1.81. The van der Waals surface area contributed by atoms with Crippen LogP contribution in [0.2, 0.25) is 0 Å². The molecule has 17 heavy (non-hydrogen) atoms. The maximum absolute atomic E-state index is 11.3. The summed E-state index contributed by atoms with van der Waals surface area (Å²) in [5.41, 5.74) is 0.262. The summed E-state index contributed by atoms with van der Waals surface area (Å²) in [6.45, 7) is 5.39. The number of carbonyl (C=O) groups excluding carboxylic acids is 1. The van der Waals surface area contributed by atoms with Crippen LogP contribution in [0.1, 0.15) is 26.3 Å². The zero-order chi connectivity index (χ0) is 12.9. The highest BCUT2D eigenvalue weighted by atomic mass is 16.6. The van der Waals surface area contributed by atoms with E-state index in [9.17, 15) is 4.79 Å². The molecule has 0 aromatic heterocycles. The Labute approximate surface area is 101 Å². The first kappa shape index (κ1) is 13.2. The molecule has 0 radical (unpaired) electrons. The van der Waals surface area contributed by atoms with Crippen LogP contribution in [0, 0.1) is 0 Å². The standard InChI is InChI=1S/C13H17NO3/c1-13(2,3)17-12(15)14-9-10-6-5-7-11(8-10)16-4/h5-9H,1-4H3/b14-9-. The van der Waals surface area contributed by atoms with E-state index in [-0.39, 0.29) is 0 Å². The molecule has 0 N–H and O–H groups in total. The van der Waals surface area contributed by atoms with Crippen LogP contribution in [0.3, 0.4) is 0 Å². The van der Waals surface area contributed by atoms with Gasteiger partial charge in [0.05, 0.1) is 7.11 Å². The summed E-state index contributed by atoms with van der Waals surface area (Å²) in [7, 11) is 1.59. The van der Waals surface area contributed by atoms with Crippen LogP contribution in [-0.4, -0.2) is 25.0 Å². The van der Waals surface area contributed by atoms with E-state index in [1.54, 1.807) is 33.9 Å². The Morgan fingerprint density at radius 2 is 2.06 bits per heavy atom. The molecule has 92 valence electrons. The number of hydrogen-bond acceptors (Lipinski definition) is 3. The highest BCUT2D eigenvalue weighted by molar-refractivity contribution is 5.89. The van der Waals surface area contributed by atoms with Crippen molar-refractivity contribution in [2.24, 2.45) is 4.99 Å². The van der Waals surface area contributed by atoms with Crippen molar-refractivity contribution in [3.8, 4) is 5.75 Å². The Bertz CT molecular complexity index is 419. The number of rotatable bonds is 2. The molecule has 4 heteroatoms. The van der Waals surface area contributed by atoms with Crippen LogP contribution in [0.25, 0.3) is 0 Å². The second-order valence-corrected chi connectivity index (χ2v) is 4.52. The van der Waals surface area contributed by atoms with Gasteiger partial charge < -0.3 is 9.47 Å². The molecule has 0 spiro atoms. The molecular weight excluding hydrogens is 218 g/mol. The fourth-order valence-electron chi connectivity index (χ4n) is 1.14. The summed E-state index contributed by atoms with van der Waals surface area (Å²) in [5.74, 6) is 0.720. The second-order valence-electron chi connectivity index (χ2n) is 4.52. The van der Waals surface area contributed by atoms with E-state index >= 15 is 0 Å². The number of carbonyl (C=O) groups is 1. The molecule has 0 heterocycles. The highest BCUT2D eigenvalue weighted by Gasteiger charge is 2.14. The van der Waals surface area contributed by atoms with Gasteiger partial charge in [-0.05, 0) is 38.5 Å². The quantitative estimate of drug-likeness (QED) is 0.740. The minimum Gasteiger partial charge on any atom is -0.497 e. The molecule has 0 aliphatic rings. The van der Waals surface area contributed by atoms with Crippen LogP contribution in [0.4, 0.5) is 4.79 Å². The van der Waals surface area contributed by atoms with Crippen LogP contribution >= 0.6 is 0 Å². The molecule has 0 saturated carbocycles. The molecule has 0 saturated heterocycles. The summed E-state index contributed by atoms with van der Waals surface area (Å²) < 4.78 is 10.1. The summed E-state index contributed by atoms with van der Waals surface area (Å²) in [6, 6.07) is 7.27. The average molecular weight is 235 g/mol. The lowest BCUT2D eigenvalue weighted by Crippen LogP contribution is -2.21. The zero-order valence-electron chi connectivity index (χ0n) is 10.6. The molecule has 1 aromatic carbocycles. The number of amides is 1. The van der Waals surface area contributed by atoms with Crippen molar-refractivity contribution < 1.29 is 14.3 Å². The molecule has 0 aliphatic heterocycles. The van der Waals surface area contributed by atoms with Gasteiger partial charge >= 0.3 is 6.09 Å². The van der Waals surface area contributed by atoms with Crippen LogP contribution in [-0.2, 0) is 4.74 Å². The van der Waals surface area contributed by atoms with E-state index in [1.807, 2.05) is 18.2 Å². The van der Waals surface area contributed by atoms with Crippen LogP contribution < -0.4 is 4.74 Å². The minimum atomic E-state index is -0.597. The van der Waals surface area contributed by atoms with Crippen molar-refractivity contribution in [1.82, 2.24) is 0 Å². The summed E-state index contributed by atoms with van der Waals surface area (Å²) in [5, 5.41) is 0. The number of methoxy groups -OCH3 is 1. The van der Waals surface area contributed by atoms with Crippen molar-refractivity contribution >= 4 is 12.3 Å². The van der Waals surface area contributed by atoms with Gasteiger partial charge in [0.25, 0.3) is 0 Å². The molecule has 1 amide bonds. The predicted octanol–water partition coefficient (Wildman–Crippen LogP) is 3.05. The van der Waals surface area contributed by atoms with Gasteiger partial charge in [-0.2, -0.15) is 4.99 Å². The van der Waals surface area contributed by atoms with Gasteiger partial charge in [0, 0.05) is 6.21 Å². The van der Waals surface area contributed by atoms with E-state index < -0.39 is 11.7 Å².